The van der Waals surface area contributed by atoms with Gasteiger partial charge in [-0.05, 0) is 17.0 Å². The molecule has 0 aliphatic rings. The molecule has 2 aromatic rings. The summed E-state index contributed by atoms with van der Waals surface area (Å²) in [6.07, 6.45) is 1.24. The third kappa shape index (κ3) is 1.62. The second-order valence-electron chi connectivity index (χ2n) is 2.76. The van der Waals surface area contributed by atoms with Gasteiger partial charge in [-0.1, -0.05) is 0 Å². The summed E-state index contributed by atoms with van der Waals surface area (Å²) in [6.45, 7) is 0. The summed E-state index contributed by atoms with van der Waals surface area (Å²) in [4.78, 5) is 10.1. The van der Waals surface area contributed by atoms with Gasteiger partial charge in [-0.15, -0.1) is 0 Å². The van der Waals surface area contributed by atoms with Gasteiger partial charge in [0.1, 0.15) is 0 Å². The van der Waals surface area contributed by atoms with E-state index in [1.165, 1.54) is 30.5 Å². The zero-order valence-corrected chi connectivity index (χ0v) is 7.36. The van der Waals surface area contributed by atoms with Gasteiger partial charge in [-0.2, -0.15) is 0 Å². The predicted octanol–water partition coefficient (Wildman–Crippen LogP) is 0.883. The summed E-state index contributed by atoms with van der Waals surface area (Å²) in [5.41, 5.74) is 0.689. The Morgan fingerprint density at radius 3 is 2.47 bits per heavy atom. The van der Waals surface area contributed by atoms with E-state index in [0.717, 1.165) is 0 Å². The van der Waals surface area contributed by atoms with Crippen molar-refractivity contribution in [3.05, 3.63) is 45.8 Å². The van der Waals surface area contributed by atoms with E-state index in [4.69, 9.17) is 0 Å². The number of benzene rings is 1. The zero-order valence-electron chi connectivity index (χ0n) is 7.36. The highest BCUT2D eigenvalue weighted by Gasteiger charge is 2.12. The molecule has 0 saturated heterocycles. The van der Waals surface area contributed by atoms with Crippen LogP contribution in [0.4, 0.5) is 5.69 Å². The molecule has 0 spiro atoms. The molecule has 0 atom stereocenters. The first-order valence-electron chi connectivity index (χ1n) is 3.98. The van der Waals surface area contributed by atoms with Crippen LogP contribution in [0.15, 0.2) is 35.1 Å². The highest BCUT2D eigenvalue weighted by molar-refractivity contribution is 5.57. The largest absolute Gasteiger partial charge is 0.359 e. The molecule has 1 heterocycles. The average molecular weight is 207 g/mol. The number of nitro groups is 1. The molecule has 15 heavy (non-hydrogen) atoms. The van der Waals surface area contributed by atoms with E-state index < -0.39 is 4.92 Å². The maximum absolute atomic E-state index is 11.0. The van der Waals surface area contributed by atoms with Crippen molar-refractivity contribution in [2.45, 2.75) is 0 Å². The number of hydrogen-bond acceptors (Lipinski definition) is 5. The number of nitrogens with zero attached hydrogens (tertiary/aromatic N) is 3. The number of aromatic nitrogens is 2. The average Bonchev–Trinajstić information content (AvgIpc) is 2.65. The molecule has 2 rings (SSSR count). The van der Waals surface area contributed by atoms with Crippen LogP contribution in [0.3, 0.4) is 0 Å². The monoisotopic (exact) mass is 207 g/mol. The molecule has 0 saturated carbocycles. The molecular weight excluding hydrogens is 202 g/mol. The van der Waals surface area contributed by atoms with Crippen LogP contribution in [0.5, 0.6) is 0 Å². The lowest BCUT2D eigenvalue weighted by molar-refractivity contribution is -0.793. The van der Waals surface area contributed by atoms with Gasteiger partial charge in [0.15, 0.2) is 0 Å². The van der Waals surface area contributed by atoms with E-state index in [-0.39, 0.29) is 16.3 Å². The van der Waals surface area contributed by atoms with Crippen LogP contribution in [-0.4, -0.2) is 10.1 Å². The van der Waals surface area contributed by atoms with Crippen LogP contribution in [0.1, 0.15) is 0 Å². The Morgan fingerprint density at radius 2 is 2.00 bits per heavy atom. The fraction of sp³-hybridized carbons (Fsp3) is 0. The second-order valence-corrected chi connectivity index (χ2v) is 2.76. The minimum Gasteiger partial charge on any atom is -0.359 e. The lowest BCUT2D eigenvalue weighted by atomic mass is 10.1. The van der Waals surface area contributed by atoms with Crippen molar-refractivity contribution in [1.82, 2.24) is 5.16 Å². The van der Waals surface area contributed by atoms with Crippen molar-refractivity contribution < 1.29 is 14.5 Å². The van der Waals surface area contributed by atoms with Gasteiger partial charge in [0.25, 0.3) is 5.69 Å². The summed E-state index contributed by atoms with van der Waals surface area (Å²) >= 11 is 0. The molecule has 7 nitrogen and oxygen atoms in total. The van der Waals surface area contributed by atoms with E-state index in [1.54, 1.807) is 0 Å². The number of hydrogen-bond donors (Lipinski definition) is 0. The maximum atomic E-state index is 11.0. The van der Waals surface area contributed by atoms with Crippen molar-refractivity contribution in [3.8, 4) is 11.3 Å². The molecule has 0 bridgehead atoms. The fourth-order valence-corrected chi connectivity index (χ4v) is 1.14. The SMILES string of the molecule is O=[N+]([O-])c1ccc(-c2cno[n+]2[O-])cc1. The molecule has 0 amide bonds. The van der Waals surface area contributed by atoms with E-state index in [1.807, 2.05) is 0 Å². The lowest BCUT2D eigenvalue weighted by Crippen LogP contribution is -2.24. The second kappa shape index (κ2) is 3.37. The standard InChI is InChI=1S/C8H5N3O4/c12-10(13)7-3-1-6(2-4-7)8-5-9-15-11(8)14/h1-5H. The first-order valence-corrected chi connectivity index (χ1v) is 3.98. The van der Waals surface area contributed by atoms with Crippen LogP contribution >= 0.6 is 0 Å². The first-order chi connectivity index (χ1) is 7.18. The lowest BCUT2D eigenvalue weighted by Gasteiger charge is -1.95. The van der Waals surface area contributed by atoms with Crippen molar-refractivity contribution in [2.75, 3.05) is 0 Å². The van der Waals surface area contributed by atoms with Gasteiger partial charge >= 0.3 is 0 Å². The van der Waals surface area contributed by atoms with Crippen LogP contribution in [0.2, 0.25) is 0 Å². The Kier molecular flexibility index (Phi) is 2.05. The maximum Gasteiger partial charge on any atom is 0.269 e. The number of nitro benzene ring substituents is 1. The minimum atomic E-state index is -0.511. The van der Waals surface area contributed by atoms with Gasteiger partial charge < -0.3 is 5.21 Å². The summed E-state index contributed by atoms with van der Waals surface area (Å²) < 4.78 is 4.27. The van der Waals surface area contributed by atoms with Crippen LogP contribution in [-0.2, 0) is 0 Å². The summed E-state index contributed by atoms with van der Waals surface area (Å²) in [5.74, 6) is 0. The van der Waals surface area contributed by atoms with Gasteiger partial charge in [0.05, 0.1) is 4.92 Å². The van der Waals surface area contributed by atoms with Gasteiger partial charge in [-0.25, -0.2) is 0 Å². The minimum absolute atomic E-state index is 0.0346. The van der Waals surface area contributed by atoms with Gasteiger partial charge in [0, 0.05) is 22.9 Å². The van der Waals surface area contributed by atoms with Crippen molar-refractivity contribution in [1.29, 1.82) is 0 Å². The predicted molar refractivity (Wildman–Crippen MR) is 47.6 cm³/mol. The molecule has 0 radical (unpaired) electrons. The smallest absolute Gasteiger partial charge is 0.269 e. The quantitative estimate of drug-likeness (QED) is 0.413. The highest BCUT2D eigenvalue weighted by Crippen LogP contribution is 2.18. The molecule has 0 aliphatic heterocycles. The van der Waals surface area contributed by atoms with E-state index in [0.29, 0.717) is 5.56 Å². The van der Waals surface area contributed by atoms with Crippen molar-refractivity contribution in [3.63, 3.8) is 0 Å². The van der Waals surface area contributed by atoms with Crippen LogP contribution < -0.4 is 4.90 Å². The molecule has 0 N–H and O–H groups in total. The third-order valence-corrected chi connectivity index (χ3v) is 1.87. The molecule has 76 valence electrons. The Balaban J connectivity index is 2.40. The Hall–Kier alpha value is -2.44. The molecule has 0 unspecified atom stereocenters. The summed E-state index contributed by atoms with van der Waals surface area (Å²) in [5, 5.41) is 24.7. The summed E-state index contributed by atoms with van der Waals surface area (Å²) in [6, 6.07) is 5.53. The Bertz CT molecular complexity index is 491. The normalized spacial score (nSPS) is 10.1. The molecular formula is C8H5N3O4. The third-order valence-electron chi connectivity index (χ3n) is 1.87. The Morgan fingerprint density at radius 1 is 1.33 bits per heavy atom. The number of non-ortho nitro benzene ring substituents is 1. The Labute approximate surface area is 83.2 Å². The van der Waals surface area contributed by atoms with Crippen molar-refractivity contribution >= 4 is 5.69 Å². The summed E-state index contributed by atoms with van der Waals surface area (Å²) in [7, 11) is 0. The topological polar surface area (TPSA) is 96.1 Å². The van der Waals surface area contributed by atoms with Crippen molar-refractivity contribution in [2.24, 2.45) is 0 Å². The molecule has 7 heteroatoms. The van der Waals surface area contributed by atoms with Gasteiger partial charge in [-0.3, -0.25) is 14.7 Å². The van der Waals surface area contributed by atoms with E-state index >= 15 is 0 Å². The molecule has 1 aromatic carbocycles. The zero-order chi connectivity index (χ0) is 10.8. The van der Waals surface area contributed by atoms with Crippen LogP contribution in [0.25, 0.3) is 11.3 Å². The molecule has 1 aromatic heterocycles. The van der Waals surface area contributed by atoms with Crippen LogP contribution in [0, 0.1) is 15.3 Å². The fourth-order valence-electron chi connectivity index (χ4n) is 1.14. The van der Waals surface area contributed by atoms with Gasteiger partial charge in [0.2, 0.25) is 11.9 Å². The van der Waals surface area contributed by atoms with E-state index in [2.05, 4.69) is 9.79 Å². The first kappa shape index (κ1) is 9.13. The molecule has 0 aliphatic carbocycles. The molecule has 0 fully saturated rings. The highest BCUT2D eigenvalue weighted by atomic mass is 16.8. The van der Waals surface area contributed by atoms with E-state index in [9.17, 15) is 15.3 Å². The number of rotatable bonds is 2.